The van der Waals surface area contributed by atoms with Crippen LogP contribution in [0.5, 0.6) is 0 Å². The van der Waals surface area contributed by atoms with Crippen LogP contribution in [-0.4, -0.2) is 23.7 Å². The topological polar surface area (TPSA) is 52.0 Å². The molecule has 0 bridgehead atoms. The molecule has 2 aromatic rings. The maximum absolute atomic E-state index is 14.2. The molecule has 0 atom stereocenters. The number of aryl methyl sites for hydroxylation is 1. The summed E-state index contributed by atoms with van der Waals surface area (Å²) in [6, 6.07) is -0.00329. The van der Waals surface area contributed by atoms with Crippen LogP contribution < -0.4 is 0 Å². The van der Waals surface area contributed by atoms with E-state index in [0.717, 1.165) is 6.92 Å². The lowest BCUT2D eigenvalue weighted by Gasteiger charge is -2.14. The first-order valence-corrected chi connectivity index (χ1v) is 8.98. The Bertz CT molecular complexity index is 1030. The molecule has 2 rings (SSSR count). The summed E-state index contributed by atoms with van der Waals surface area (Å²) in [5.74, 6) is -4.57. The predicted octanol–water partition coefficient (Wildman–Crippen LogP) is 5.19. The zero-order valence-corrected chi connectivity index (χ0v) is 15.6. The van der Waals surface area contributed by atoms with Crippen LogP contribution in [0.3, 0.4) is 0 Å². The van der Waals surface area contributed by atoms with Crippen molar-refractivity contribution in [2.24, 2.45) is 0 Å². The SMILES string of the molecule is Cc1nn(-c2c(Cl)cc(C(F)(F)F)c(F)c2F)c(Br)c1S(=O)(=O)C(F)(F)F. The minimum atomic E-state index is -5.96. The second kappa shape index (κ2) is 6.58. The van der Waals surface area contributed by atoms with Crippen molar-refractivity contribution in [1.29, 1.82) is 0 Å². The summed E-state index contributed by atoms with van der Waals surface area (Å²) in [6.45, 7) is 0.812. The molecule has 1 aromatic heterocycles. The fourth-order valence-electron chi connectivity index (χ4n) is 2.04. The van der Waals surface area contributed by atoms with Crippen molar-refractivity contribution in [3.63, 3.8) is 0 Å². The van der Waals surface area contributed by atoms with Crippen LogP contribution in [-0.2, 0) is 16.0 Å². The summed E-state index contributed by atoms with van der Waals surface area (Å²) >= 11 is 7.99. The van der Waals surface area contributed by atoms with Crippen molar-refractivity contribution >= 4 is 37.4 Å². The molecule has 1 aromatic carbocycles. The molecule has 0 saturated heterocycles. The summed E-state index contributed by atoms with van der Waals surface area (Å²) in [5, 5.41) is 2.26. The van der Waals surface area contributed by atoms with Crippen LogP contribution in [0.4, 0.5) is 35.1 Å². The van der Waals surface area contributed by atoms with Crippen LogP contribution in [0.1, 0.15) is 11.3 Å². The minimum Gasteiger partial charge on any atom is -0.220 e. The van der Waals surface area contributed by atoms with E-state index in [9.17, 15) is 43.5 Å². The lowest BCUT2D eigenvalue weighted by molar-refractivity contribution is -0.140. The second-order valence-corrected chi connectivity index (χ2v) is 7.98. The Morgan fingerprint density at radius 3 is 2.07 bits per heavy atom. The average Bonchev–Trinajstić information content (AvgIpc) is 2.76. The third kappa shape index (κ3) is 3.53. The van der Waals surface area contributed by atoms with Crippen LogP contribution in [0.15, 0.2) is 15.6 Å². The average molecular weight is 508 g/mol. The zero-order chi connectivity index (χ0) is 21.1. The molecule has 0 aliphatic rings. The van der Waals surface area contributed by atoms with Gasteiger partial charge in [-0.15, -0.1) is 0 Å². The highest BCUT2D eigenvalue weighted by molar-refractivity contribution is 9.10. The molecule has 0 unspecified atom stereocenters. The Hall–Kier alpha value is -1.41. The summed E-state index contributed by atoms with van der Waals surface area (Å²) in [5.41, 5.74) is -9.80. The van der Waals surface area contributed by atoms with E-state index < -0.39 is 64.6 Å². The first kappa shape index (κ1) is 21.9. The fraction of sp³-hybridized carbons (Fsp3) is 0.250. The van der Waals surface area contributed by atoms with Gasteiger partial charge in [0, 0.05) is 0 Å². The molecule has 4 nitrogen and oxygen atoms in total. The third-order valence-electron chi connectivity index (χ3n) is 3.18. The Balaban J connectivity index is 2.84. The predicted molar refractivity (Wildman–Crippen MR) is 79.2 cm³/mol. The normalized spacial score (nSPS) is 13.3. The largest absolute Gasteiger partial charge is 0.502 e. The summed E-state index contributed by atoms with van der Waals surface area (Å²) in [7, 11) is -5.96. The third-order valence-corrected chi connectivity index (χ3v) is 6.10. The molecular formula is C12H4BrClF8N2O2S. The van der Waals surface area contributed by atoms with Gasteiger partial charge in [-0.1, -0.05) is 11.6 Å². The number of sulfone groups is 1. The number of rotatable bonds is 2. The standard InChI is InChI=1S/C12H4BrClF8N2O2S/c1-3-9(27(25,26)12(20,21)22)10(13)24(23-3)8-5(14)2-4(11(17,18)19)6(15)7(8)16/h2H,1H3. The maximum Gasteiger partial charge on any atom is 0.502 e. The molecule has 1 heterocycles. The van der Waals surface area contributed by atoms with Crippen molar-refractivity contribution < 1.29 is 43.5 Å². The van der Waals surface area contributed by atoms with Gasteiger partial charge < -0.3 is 0 Å². The number of benzene rings is 1. The van der Waals surface area contributed by atoms with Gasteiger partial charge in [-0.05, 0) is 28.9 Å². The van der Waals surface area contributed by atoms with Crippen LogP contribution in [0.2, 0.25) is 5.02 Å². The van der Waals surface area contributed by atoms with Crippen molar-refractivity contribution in [2.45, 2.75) is 23.5 Å². The van der Waals surface area contributed by atoms with Crippen molar-refractivity contribution in [1.82, 2.24) is 9.78 Å². The van der Waals surface area contributed by atoms with Gasteiger partial charge in [0.15, 0.2) is 11.6 Å². The number of hydrogen-bond donors (Lipinski definition) is 0. The lowest BCUT2D eigenvalue weighted by atomic mass is 10.1. The van der Waals surface area contributed by atoms with Gasteiger partial charge in [-0.3, -0.25) is 0 Å². The Kier molecular flexibility index (Phi) is 5.34. The molecule has 15 heteroatoms. The molecule has 0 aliphatic heterocycles. The van der Waals surface area contributed by atoms with Gasteiger partial charge in [0.1, 0.15) is 15.2 Å². The van der Waals surface area contributed by atoms with E-state index in [1.54, 1.807) is 0 Å². The van der Waals surface area contributed by atoms with E-state index in [-0.39, 0.29) is 10.7 Å². The first-order valence-electron chi connectivity index (χ1n) is 6.33. The van der Waals surface area contributed by atoms with Gasteiger partial charge in [-0.2, -0.15) is 31.4 Å². The summed E-state index contributed by atoms with van der Waals surface area (Å²) < 4.78 is 127. The number of halogens is 10. The van der Waals surface area contributed by atoms with Crippen molar-refractivity contribution in [3.8, 4) is 5.69 Å². The van der Waals surface area contributed by atoms with Gasteiger partial charge in [0.2, 0.25) is 0 Å². The van der Waals surface area contributed by atoms with Crippen molar-refractivity contribution in [2.75, 3.05) is 0 Å². The van der Waals surface area contributed by atoms with Gasteiger partial charge in [-0.25, -0.2) is 21.9 Å². The zero-order valence-electron chi connectivity index (χ0n) is 12.5. The molecule has 0 amide bonds. The summed E-state index contributed by atoms with van der Waals surface area (Å²) in [4.78, 5) is -1.43. The molecule has 0 spiro atoms. The van der Waals surface area contributed by atoms with Gasteiger partial charge in [0.05, 0.1) is 16.3 Å². The van der Waals surface area contributed by atoms with E-state index in [1.165, 1.54) is 0 Å². The quantitative estimate of drug-likeness (QED) is 0.416. The highest BCUT2D eigenvalue weighted by atomic mass is 79.9. The Morgan fingerprint density at radius 2 is 1.63 bits per heavy atom. The molecule has 0 radical (unpaired) electrons. The second-order valence-electron chi connectivity index (χ2n) is 4.95. The maximum atomic E-state index is 14.2. The number of alkyl halides is 6. The molecule has 0 fully saturated rings. The molecule has 0 N–H and O–H groups in total. The highest BCUT2D eigenvalue weighted by Gasteiger charge is 2.50. The number of nitrogens with zero attached hydrogens (tertiary/aromatic N) is 2. The van der Waals surface area contributed by atoms with Crippen LogP contribution in [0, 0.1) is 18.6 Å². The molecule has 150 valence electrons. The van der Waals surface area contributed by atoms with E-state index in [0.29, 0.717) is 0 Å². The molecule has 27 heavy (non-hydrogen) atoms. The van der Waals surface area contributed by atoms with Gasteiger partial charge >= 0.3 is 11.7 Å². The van der Waals surface area contributed by atoms with Crippen LogP contribution in [0.25, 0.3) is 5.69 Å². The Morgan fingerprint density at radius 1 is 1.11 bits per heavy atom. The highest BCUT2D eigenvalue weighted by Crippen LogP contribution is 2.41. The fourth-order valence-corrected chi connectivity index (χ4v) is 4.46. The molecule has 0 aliphatic carbocycles. The first-order chi connectivity index (χ1) is 12.0. The minimum absolute atomic E-state index is 0.00329. The monoisotopic (exact) mass is 506 g/mol. The van der Waals surface area contributed by atoms with Crippen molar-refractivity contribution in [3.05, 3.63) is 38.6 Å². The lowest BCUT2D eigenvalue weighted by Crippen LogP contribution is -2.24. The smallest absolute Gasteiger partial charge is 0.220 e. The van der Waals surface area contributed by atoms with Crippen LogP contribution >= 0.6 is 27.5 Å². The Labute approximate surface area is 158 Å². The van der Waals surface area contributed by atoms with E-state index in [2.05, 4.69) is 21.0 Å². The van der Waals surface area contributed by atoms with E-state index in [1.807, 2.05) is 0 Å². The van der Waals surface area contributed by atoms with Gasteiger partial charge in [0.25, 0.3) is 9.84 Å². The van der Waals surface area contributed by atoms with E-state index in [4.69, 9.17) is 11.6 Å². The summed E-state index contributed by atoms with van der Waals surface area (Å²) in [6.07, 6.45) is -5.31. The molecule has 0 saturated carbocycles. The van der Waals surface area contributed by atoms with E-state index >= 15 is 0 Å². The number of aromatic nitrogens is 2. The molecular weight excluding hydrogens is 504 g/mol. The number of hydrogen-bond acceptors (Lipinski definition) is 3.